The molecule has 0 amide bonds. The van der Waals surface area contributed by atoms with Crippen LogP contribution in [0.3, 0.4) is 0 Å². The van der Waals surface area contributed by atoms with E-state index in [4.69, 9.17) is 16.3 Å². The third-order valence-electron chi connectivity index (χ3n) is 2.68. The summed E-state index contributed by atoms with van der Waals surface area (Å²) in [5.41, 5.74) is -0.765. The Morgan fingerprint density at radius 2 is 1.81 bits per heavy atom. The highest BCUT2D eigenvalue weighted by Gasteiger charge is 2.30. The number of alkyl halides is 3. The Hall–Kier alpha value is -1.53. The number of hydrogen-bond acceptors (Lipinski definition) is 3. The van der Waals surface area contributed by atoms with Crippen molar-refractivity contribution in [3.63, 3.8) is 0 Å². The number of ether oxygens (including phenoxy) is 1. The molecule has 0 radical (unpaired) electrons. The summed E-state index contributed by atoms with van der Waals surface area (Å²) in [7, 11) is 0. The van der Waals surface area contributed by atoms with Gasteiger partial charge >= 0.3 is 6.18 Å². The van der Waals surface area contributed by atoms with Crippen LogP contribution in [0, 0.1) is 0 Å². The molecule has 1 heterocycles. The Kier molecular flexibility index (Phi) is 4.58. The van der Waals surface area contributed by atoms with Crippen molar-refractivity contribution in [3.05, 3.63) is 51.2 Å². The molecular formula is C14H10ClF3O2S. The predicted octanol–water partition coefficient (Wildman–Crippen LogP) is 5.07. The molecule has 0 fully saturated rings. The molecule has 0 aliphatic heterocycles. The monoisotopic (exact) mass is 334 g/mol. The molecule has 0 bridgehead atoms. The SMILES string of the molecule is CC(Oc1ccc(C(F)(F)F)cc1)C(=O)c1ccc(Cl)s1. The van der Waals surface area contributed by atoms with Gasteiger partial charge in [0.05, 0.1) is 14.8 Å². The maximum absolute atomic E-state index is 12.4. The van der Waals surface area contributed by atoms with Crippen LogP contribution >= 0.6 is 22.9 Å². The Labute approximate surface area is 128 Å². The molecule has 2 rings (SSSR count). The smallest absolute Gasteiger partial charge is 0.416 e. The van der Waals surface area contributed by atoms with Gasteiger partial charge in [0, 0.05) is 0 Å². The molecule has 7 heteroatoms. The van der Waals surface area contributed by atoms with E-state index in [9.17, 15) is 18.0 Å². The molecule has 2 nitrogen and oxygen atoms in total. The summed E-state index contributed by atoms with van der Waals surface area (Å²) in [6.07, 6.45) is -5.20. The van der Waals surface area contributed by atoms with Crippen LogP contribution in [0.25, 0.3) is 0 Å². The van der Waals surface area contributed by atoms with Gasteiger partial charge in [-0.3, -0.25) is 4.79 Å². The summed E-state index contributed by atoms with van der Waals surface area (Å²) in [4.78, 5) is 12.5. The molecular weight excluding hydrogens is 325 g/mol. The highest BCUT2D eigenvalue weighted by atomic mass is 35.5. The van der Waals surface area contributed by atoms with Crippen LogP contribution in [0.5, 0.6) is 5.75 Å². The van der Waals surface area contributed by atoms with Gasteiger partial charge in [-0.05, 0) is 43.3 Å². The largest absolute Gasteiger partial charge is 0.483 e. The second-order valence-electron chi connectivity index (χ2n) is 4.25. The first-order valence-electron chi connectivity index (χ1n) is 5.91. The number of rotatable bonds is 4. The minimum atomic E-state index is -4.40. The number of carbonyl (C=O) groups is 1. The molecule has 1 unspecified atom stereocenters. The van der Waals surface area contributed by atoms with E-state index in [-0.39, 0.29) is 11.5 Å². The maximum atomic E-state index is 12.4. The average molecular weight is 335 g/mol. The van der Waals surface area contributed by atoms with E-state index in [0.29, 0.717) is 9.21 Å². The van der Waals surface area contributed by atoms with Crippen LogP contribution in [-0.4, -0.2) is 11.9 Å². The van der Waals surface area contributed by atoms with Crippen LogP contribution in [0.15, 0.2) is 36.4 Å². The summed E-state index contributed by atoms with van der Waals surface area (Å²) in [5.74, 6) is -0.0710. The number of thiophene rings is 1. The topological polar surface area (TPSA) is 26.3 Å². The van der Waals surface area contributed by atoms with Crippen LogP contribution < -0.4 is 4.74 Å². The van der Waals surface area contributed by atoms with Crippen molar-refractivity contribution in [2.45, 2.75) is 19.2 Å². The third kappa shape index (κ3) is 3.98. The van der Waals surface area contributed by atoms with Gasteiger partial charge in [0.2, 0.25) is 5.78 Å². The minimum Gasteiger partial charge on any atom is -0.483 e. The molecule has 112 valence electrons. The summed E-state index contributed by atoms with van der Waals surface area (Å²) in [6, 6.07) is 7.39. The fraction of sp³-hybridized carbons (Fsp3) is 0.214. The van der Waals surface area contributed by atoms with Crippen molar-refractivity contribution >= 4 is 28.7 Å². The molecule has 21 heavy (non-hydrogen) atoms. The number of ketones is 1. The van der Waals surface area contributed by atoms with Crippen molar-refractivity contribution in [3.8, 4) is 5.75 Å². The zero-order valence-electron chi connectivity index (χ0n) is 10.8. The standard InChI is InChI=1S/C14H10ClF3O2S/c1-8(13(19)11-6-7-12(15)21-11)20-10-4-2-9(3-5-10)14(16,17)18/h2-8H,1H3. The van der Waals surface area contributed by atoms with Crippen LogP contribution in [0.4, 0.5) is 13.2 Å². The molecule has 2 aromatic rings. The molecule has 1 atom stereocenters. The molecule has 0 N–H and O–H groups in total. The van der Waals surface area contributed by atoms with Gasteiger partial charge in [-0.15, -0.1) is 11.3 Å². The van der Waals surface area contributed by atoms with E-state index in [1.54, 1.807) is 12.1 Å². The zero-order valence-corrected chi connectivity index (χ0v) is 12.4. The van der Waals surface area contributed by atoms with Crippen molar-refractivity contribution in [1.29, 1.82) is 0 Å². The Bertz CT molecular complexity index is 634. The summed E-state index contributed by atoms with van der Waals surface area (Å²) in [5, 5.41) is 0. The first-order valence-corrected chi connectivity index (χ1v) is 7.10. The molecule has 0 saturated heterocycles. The van der Waals surface area contributed by atoms with E-state index in [1.807, 2.05) is 0 Å². The van der Waals surface area contributed by atoms with Gasteiger partial charge in [0.25, 0.3) is 0 Å². The van der Waals surface area contributed by atoms with Crippen LogP contribution in [0.1, 0.15) is 22.2 Å². The van der Waals surface area contributed by atoms with E-state index in [2.05, 4.69) is 0 Å². The summed E-state index contributed by atoms with van der Waals surface area (Å²) in [6.45, 7) is 1.54. The van der Waals surface area contributed by atoms with E-state index in [0.717, 1.165) is 23.5 Å². The molecule has 0 aliphatic carbocycles. The summed E-state index contributed by atoms with van der Waals surface area (Å²) < 4.78 is 43.1. The second-order valence-corrected chi connectivity index (χ2v) is 5.97. The van der Waals surface area contributed by atoms with Gasteiger partial charge in [0.15, 0.2) is 6.10 Å². The second kappa shape index (κ2) is 6.07. The molecule has 1 aromatic carbocycles. The van der Waals surface area contributed by atoms with Gasteiger partial charge < -0.3 is 4.74 Å². The number of benzene rings is 1. The molecule has 1 aromatic heterocycles. The Morgan fingerprint density at radius 1 is 1.19 bits per heavy atom. The van der Waals surface area contributed by atoms with Crippen molar-refractivity contribution in [2.75, 3.05) is 0 Å². The zero-order chi connectivity index (χ0) is 15.6. The van der Waals surface area contributed by atoms with E-state index >= 15 is 0 Å². The Balaban J connectivity index is 2.06. The molecule has 0 saturated carbocycles. The average Bonchev–Trinajstić information content (AvgIpc) is 2.84. The van der Waals surface area contributed by atoms with Gasteiger partial charge in [-0.25, -0.2) is 0 Å². The first-order chi connectivity index (χ1) is 9.77. The number of halogens is 4. The third-order valence-corrected chi connectivity index (χ3v) is 3.93. The van der Waals surface area contributed by atoms with Gasteiger partial charge in [-0.1, -0.05) is 11.6 Å². The highest BCUT2D eigenvalue weighted by Crippen LogP contribution is 2.30. The molecule has 0 aliphatic rings. The van der Waals surface area contributed by atoms with Gasteiger partial charge in [-0.2, -0.15) is 13.2 Å². The number of Topliss-reactive ketones (excluding diaryl/α,β-unsaturated/α-hetero) is 1. The lowest BCUT2D eigenvalue weighted by Crippen LogP contribution is -2.23. The highest BCUT2D eigenvalue weighted by molar-refractivity contribution is 7.18. The molecule has 0 spiro atoms. The number of hydrogen-bond donors (Lipinski definition) is 0. The normalized spacial score (nSPS) is 13.0. The lowest BCUT2D eigenvalue weighted by Gasteiger charge is -2.13. The maximum Gasteiger partial charge on any atom is 0.416 e. The van der Waals surface area contributed by atoms with Crippen LogP contribution in [0.2, 0.25) is 4.34 Å². The summed E-state index contributed by atoms with van der Waals surface area (Å²) >= 11 is 6.88. The quantitative estimate of drug-likeness (QED) is 0.730. The minimum absolute atomic E-state index is 0.200. The Morgan fingerprint density at radius 3 is 2.29 bits per heavy atom. The predicted molar refractivity (Wildman–Crippen MR) is 75.2 cm³/mol. The number of carbonyl (C=O) groups excluding carboxylic acids is 1. The van der Waals surface area contributed by atoms with E-state index < -0.39 is 17.8 Å². The van der Waals surface area contributed by atoms with Crippen molar-refractivity contribution < 1.29 is 22.7 Å². The lowest BCUT2D eigenvalue weighted by molar-refractivity contribution is -0.137. The lowest BCUT2D eigenvalue weighted by atomic mass is 10.2. The van der Waals surface area contributed by atoms with Crippen molar-refractivity contribution in [2.24, 2.45) is 0 Å². The fourth-order valence-corrected chi connectivity index (χ4v) is 2.69. The fourth-order valence-electron chi connectivity index (χ4n) is 1.63. The van der Waals surface area contributed by atoms with Crippen LogP contribution in [-0.2, 0) is 6.18 Å². The first kappa shape index (κ1) is 15.9. The van der Waals surface area contributed by atoms with E-state index in [1.165, 1.54) is 19.1 Å². The van der Waals surface area contributed by atoms with Crippen molar-refractivity contribution in [1.82, 2.24) is 0 Å². The van der Waals surface area contributed by atoms with Gasteiger partial charge in [0.1, 0.15) is 5.75 Å².